The van der Waals surface area contributed by atoms with Gasteiger partial charge in [0.1, 0.15) is 11.2 Å². The SMILES string of the molecule is c1ccc(-c2ccc(-c3c4ccccc4c(-c4cccc5c4oc4ccccc45)c4cc(-c5ccccc5)ccc34)cc2)cc1. The Labute approximate surface area is 261 Å². The van der Waals surface area contributed by atoms with E-state index in [-0.39, 0.29) is 0 Å². The summed E-state index contributed by atoms with van der Waals surface area (Å²) in [6, 6.07) is 60.9. The molecular formula is C44H28O. The molecule has 0 aliphatic carbocycles. The van der Waals surface area contributed by atoms with Crippen molar-refractivity contribution >= 4 is 43.5 Å². The Morgan fingerprint density at radius 1 is 0.289 bits per heavy atom. The van der Waals surface area contributed by atoms with Crippen molar-refractivity contribution in [2.75, 3.05) is 0 Å². The minimum atomic E-state index is 0.911. The van der Waals surface area contributed by atoms with Crippen LogP contribution in [0.3, 0.4) is 0 Å². The highest BCUT2D eigenvalue weighted by molar-refractivity contribution is 6.24. The van der Waals surface area contributed by atoms with Gasteiger partial charge in [0.15, 0.2) is 0 Å². The van der Waals surface area contributed by atoms with Crippen molar-refractivity contribution in [1.82, 2.24) is 0 Å². The van der Waals surface area contributed by atoms with Crippen LogP contribution in [0.2, 0.25) is 0 Å². The van der Waals surface area contributed by atoms with Gasteiger partial charge in [0.05, 0.1) is 0 Å². The number of hydrogen-bond donors (Lipinski definition) is 0. The molecule has 9 aromatic rings. The highest BCUT2D eigenvalue weighted by atomic mass is 16.3. The molecule has 45 heavy (non-hydrogen) atoms. The van der Waals surface area contributed by atoms with Gasteiger partial charge in [0, 0.05) is 21.9 Å². The fourth-order valence-electron chi connectivity index (χ4n) is 6.99. The van der Waals surface area contributed by atoms with Crippen LogP contribution in [0, 0.1) is 0 Å². The van der Waals surface area contributed by atoms with Crippen LogP contribution in [0.5, 0.6) is 0 Å². The molecule has 0 N–H and O–H groups in total. The van der Waals surface area contributed by atoms with E-state index in [1.807, 2.05) is 6.07 Å². The lowest BCUT2D eigenvalue weighted by Crippen LogP contribution is -1.92. The summed E-state index contributed by atoms with van der Waals surface area (Å²) in [7, 11) is 0. The monoisotopic (exact) mass is 572 g/mol. The fourth-order valence-corrected chi connectivity index (χ4v) is 6.99. The maximum Gasteiger partial charge on any atom is 0.143 e. The zero-order valence-electron chi connectivity index (χ0n) is 24.6. The van der Waals surface area contributed by atoms with Crippen LogP contribution >= 0.6 is 0 Å². The molecule has 9 rings (SSSR count). The van der Waals surface area contributed by atoms with E-state index in [4.69, 9.17) is 4.42 Å². The Hall–Kier alpha value is -5.92. The number of rotatable bonds is 4. The van der Waals surface area contributed by atoms with Gasteiger partial charge in [0.25, 0.3) is 0 Å². The lowest BCUT2D eigenvalue weighted by molar-refractivity contribution is 0.670. The summed E-state index contributed by atoms with van der Waals surface area (Å²) in [6.45, 7) is 0. The molecule has 0 spiro atoms. The summed E-state index contributed by atoms with van der Waals surface area (Å²) in [6.07, 6.45) is 0. The van der Waals surface area contributed by atoms with Gasteiger partial charge in [0.2, 0.25) is 0 Å². The van der Waals surface area contributed by atoms with Crippen molar-refractivity contribution < 1.29 is 4.42 Å². The number of para-hydroxylation sites is 2. The van der Waals surface area contributed by atoms with E-state index >= 15 is 0 Å². The van der Waals surface area contributed by atoms with Crippen LogP contribution in [0.4, 0.5) is 0 Å². The minimum Gasteiger partial charge on any atom is -0.455 e. The Bertz CT molecular complexity index is 2500. The molecule has 0 bridgehead atoms. The molecule has 8 aromatic carbocycles. The van der Waals surface area contributed by atoms with Crippen molar-refractivity contribution in [1.29, 1.82) is 0 Å². The molecule has 0 radical (unpaired) electrons. The predicted molar refractivity (Wildman–Crippen MR) is 190 cm³/mol. The summed E-state index contributed by atoms with van der Waals surface area (Å²) in [5, 5.41) is 7.16. The normalized spacial score (nSPS) is 11.6. The average Bonchev–Trinajstić information content (AvgIpc) is 3.50. The molecule has 1 heteroatoms. The number of fused-ring (bicyclic) bond motifs is 5. The highest BCUT2D eigenvalue weighted by Gasteiger charge is 2.21. The van der Waals surface area contributed by atoms with Crippen LogP contribution in [-0.4, -0.2) is 0 Å². The molecule has 0 aliphatic heterocycles. The summed E-state index contributed by atoms with van der Waals surface area (Å²) in [5.74, 6) is 0. The molecular weight excluding hydrogens is 544 g/mol. The molecule has 0 saturated carbocycles. The molecule has 0 unspecified atom stereocenters. The molecule has 0 aliphatic rings. The molecule has 210 valence electrons. The summed E-state index contributed by atoms with van der Waals surface area (Å²) < 4.78 is 6.62. The smallest absolute Gasteiger partial charge is 0.143 e. The van der Waals surface area contributed by atoms with E-state index in [1.165, 1.54) is 60.5 Å². The quantitative estimate of drug-likeness (QED) is 0.191. The first-order chi connectivity index (χ1) is 22.3. The van der Waals surface area contributed by atoms with E-state index in [1.54, 1.807) is 0 Å². The van der Waals surface area contributed by atoms with Crippen molar-refractivity contribution in [2.24, 2.45) is 0 Å². The molecule has 1 nitrogen and oxygen atoms in total. The minimum absolute atomic E-state index is 0.911. The van der Waals surface area contributed by atoms with E-state index in [0.717, 1.165) is 27.5 Å². The molecule has 0 fully saturated rings. The second kappa shape index (κ2) is 10.4. The largest absolute Gasteiger partial charge is 0.455 e. The van der Waals surface area contributed by atoms with Crippen molar-refractivity contribution in [3.05, 3.63) is 170 Å². The van der Waals surface area contributed by atoms with Gasteiger partial charge in [-0.25, -0.2) is 0 Å². The first-order valence-corrected chi connectivity index (χ1v) is 15.4. The van der Waals surface area contributed by atoms with Crippen LogP contribution in [0.1, 0.15) is 0 Å². The molecule has 0 amide bonds. The highest BCUT2D eigenvalue weighted by Crippen LogP contribution is 2.47. The zero-order valence-corrected chi connectivity index (χ0v) is 24.6. The third-order valence-corrected chi connectivity index (χ3v) is 9.09. The first kappa shape index (κ1) is 25.6. The first-order valence-electron chi connectivity index (χ1n) is 15.4. The van der Waals surface area contributed by atoms with Gasteiger partial charge in [-0.1, -0.05) is 158 Å². The average molecular weight is 573 g/mol. The Morgan fingerprint density at radius 2 is 0.800 bits per heavy atom. The van der Waals surface area contributed by atoms with Gasteiger partial charge in [-0.15, -0.1) is 0 Å². The lowest BCUT2D eigenvalue weighted by Gasteiger charge is -2.19. The van der Waals surface area contributed by atoms with E-state index in [0.29, 0.717) is 0 Å². The second-order valence-corrected chi connectivity index (χ2v) is 11.6. The number of furan rings is 1. The Kier molecular flexibility index (Phi) is 5.89. The zero-order chi connectivity index (χ0) is 29.7. The fraction of sp³-hybridized carbons (Fsp3) is 0. The van der Waals surface area contributed by atoms with E-state index in [9.17, 15) is 0 Å². The Morgan fingerprint density at radius 3 is 1.53 bits per heavy atom. The van der Waals surface area contributed by atoms with Crippen molar-refractivity contribution in [3.8, 4) is 44.5 Å². The van der Waals surface area contributed by atoms with Crippen molar-refractivity contribution in [3.63, 3.8) is 0 Å². The van der Waals surface area contributed by atoms with Crippen molar-refractivity contribution in [2.45, 2.75) is 0 Å². The van der Waals surface area contributed by atoms with Gasteiger partial charge in [-0.3, -0.25) is 0 Å². The van der Waals surface area contributed by atoms with Gasteiger partial charge in [-0.2, -0.15) is 0 Å². The third kappa shape index (κ3) is 4.17. The maximum absolute atomic E-state index is 6.62. The molecule has 1 aromatic heterocycles. The molecule has 0 saturated heterocycles. The van der Waals surface area contributed by atoms with Crippen LogP contribution in [0.25, 0.3) is 88.0 Å². The second-order valence-electron chi connectivity index (χ2n) is 11.6. The number of benzene rings is 8. The van der Waals surface area contributed by atoms with E-state index < -0.39 is 0 Å². The molecule has 1 heterocycles. The molecule has 0 atom stereocenters. The Balaban J connectivity index is 1.38. The predicted octanol–water partition coefficient (Wildman–Crippen LogP) is 12.6. The van der Waals surface area contributed by atoms with Gasteiger partial charge >= 0.3 is 0 Å². The lowest BCUT2D eigenvalue weighted by atomic mass is 9.84. The van der Waals surface area contributed by atoms with Gasteiger partial charge in [-0.05, 0) is 67.1 Å². The topological polar surface area (TPSA) is 13.1 Å². The van der Waals surface area contributed by atoms with E-state index in [2.05, 4.69) is 164 Å². The number of hydrogen-bond acceptors (Lipinski definition) is 1. The third-order valence-electron chi connectivity index (χ3n) is 9.09. The standard InChI is InChI=1S/C44H28O/c1-3-12-29(13-4-1)31-22-24-32(25-23-31)42-35-17-7-8-18-36(35)43(40-28-33(26-27-37(40)42)30-14-5-2-6-15-30)39-20-11-19-38-34-16-9-10-21-41(34)45-44(38)39/h1-28H. The summed E-state index contributed by atoms with van der Waals surface area (Å²) in [4.78, 5) is 0. The van der Waals surface area contributed by atoms with Crippen LogP contribution in [0.15, 0.2) is 174 Å². The van der Waals surface area contributed by atoms with Crippen LogP contribution in [-0.2, 0) is 0 Å². The van der Waals surface area contributed by atoms with Gasteiger partial charge < -0.3 is 4.42 Å². The maximum atomic E-state index is 6.62. The summed E-state index contributed by atoms with van der Waals surface area (Å²) in [5.41, 5.74) is 11.4. The van der Waals surface area contributed by atoms with Crippen LogP contribution < -0.4 is 0 Å². The summed E-state index contributed by atoms with van der Waals surface area (Å²) >= 11 is 0.